The fourth-order valence-electron chi connectivity index (χ4n) is 3.05. The quantitative estimate of drug-likeness (QED) is 0.261. The van der Waals surface area contributed by atoms with Crippen molar-refractivity contribution < 1.29 is 0 Å². The van der Waals surface area contributed by atoms with Gasteiger partial charge in [0, 0.05) is 5.92 Å². The lowest BCUT2D eigenvalue weighted by atomic mass is 9.70. The molecule has 0 saturated heterocycles. The minimum Gasteiger partial charge on any atom is -0.147 e. The first-order chi connectivity index (χ1) is 12.9. The maximum absolute atomic E-state index is 6.42. The van der Waals surface area contributed by atoms with Crippen LogP contribution in [0.3, 0.4) is 0 Å². The standard InChI is InChI=1S/C20H27BS.C6H12/c1-12(2)8-10-16-15(7)18(14(5)6)19(21)17(20(16)22)11-9-13(3)4;1-4-5-6(2)3/h8-9,16,22H,5,7,10-11H2,1-4,6H3;5H,4H2,1-3H3. The van der Waals surface area contributed by atoms with Gasteiger partial charge >= 0.3 is 0 Å². The van der Waals surface area contributed by atoms with Crippen molar-refractivity contribution >= 4 is 20.5 Å². The van der Waals surface area contributed by atoms with Gasteiger partial charge in [0.1, 0.15) is 7.85 Å². The molecule has 0 N–H and O–H groups in total. The number of thiol groups is 1. The van der Waals surface area contributed by atoms with Crippen LogP contribution in [0.2, 0.25) is 0 Å². The Morgan fingerprint density at radius 3 is 1.82 bits per heavy atom. The molecule has 0 nitrogen and oxygen atoms in total. The summed E-state index contributed by atoms with van der Waals surface area (Å²) in [7, 11) is 6.42. The van der Waals surface area contributed by atoms with E-state index in [1.807, 2.05) is 6.92 Å². The van der Waals surface area contributed by atoms with Crippen molar-refractivity contribution in [1.82, 2.24) is 0 Å². The van der Waals surface area contributed by atoms with Crippen LogP contribution in [0.1, 0.15) is 74.7 Å². The van der Waals surface area contributed by atoms with Crippen LogP contribution in [0.5, 0.6) is 0 Å². The Kier molecular flexibility index (Phi) is 12.3. The summed E-state index contributed by atoms with van der Waals surface area (Å²) in [6, 6.07) is 0. The molecule has 1 aliphatic carbocycles. The van der Waals surface area contributed by atoms with Gasteiger partial charge in [-0.15, -0.1) is 12.6 Å². The van der Waals surface area contributed by atoms with E-state index in [2.05, 4.69) is 79.9 Å². The first-order valence-electron chi connectivity index (χ1n) is 10.1. The predicted octanol–water partition coefficient (Wildman–Crippen LogP) is 8.43. The minimum absolute atomic E-state index is 0.192. The maximum atomic E-state index is 6.42. The summed E-state index contributed by atoms with van der Waals surface area (Å²) in [5, 5.41) is 0. The summed E-state index contributed by atoms with van der Waals surface area (Å²) in [5.41, 5.74) is 8.92. The first kappa shape index (κ1) is 26.6. The van der Waals surface area contributed by atoms with Gasteiger partial charge in [0.05, 0.1) is 0 Å². The van der Waals surface area contributed by atoms with E-state index in [1.54, 1.807) is 0 Å². The van der Waals surface area contributed by atoms with Crippen LogP contribution < -0.4 is 0 Å². The fraction of sp³-hybridized carbons (Fsp3) is 0.462. The van der Waals surface area contributed by atoms with Crippen molar-refractivity contribution in [3.8, 4) is 0 Å². The Morgan fingerprint density at radius 1 is 0.964 bits per heavy atom. The first-order valence-corrected chi connectivity index (χ1v) is 10.6. The van der Waals surface area contributed by atoms with Crippen LogP contribution in [-0.2, 0) is 0 Å². The molecule has 28 heavy (non-hydrogen) atoms. The van der Waals surface area contributed by atoms with E-state index in [4.69, 9.17) is 20.5 Å². The van der Waals surface area contributed by atoms with Gasteiger partial charge in [-0.1, -0.05) is 66.1 Å². The number of hydrogen-bond donors (Lipinski definition) is 1. The fourth-order valence-corrected chi connectivity index (χ4v) is 3.52. The number of hydrogen-bond acceptors (Lipinski definition) is 1. The molecule has 2 heteroatoms. The molecule has 1 atom stereocenters. The highest BCUT2D eigenvalue weighted by molar-refractivity contribution is 7.84. The van der Waals surface area contributed by atoms with Crippen LogP contribution in [0.4, 0.5) is 0 Å². The van der Waals surface area contributed by atoms with Crippen molar-refractivity contribution in [2.75, 3.05) is 0 Å². The van der Waals surface area contributed by atoms with Gasteiger partial charge in [0.2, 0.25) is 0 Å². The van der Waals surface area contributed by atoms with Crippen LogP contribution in [0.15, 0.2) is 80.8 Å². The minimum atomic E-state index is 0.192. The Balaban J connectivity index is 0.00000105. The Hall–Kier alpha value is -1.41. The van der Waals surface area contributed by atoms with Crippen molar-refractivity contribution in [1.29, 1.82) is 0 Å². The molecule has 0 aromatic rings. The average Bonchev–Trinajstić information content (AvgIpc) is 2.53. The maximum Gasteiger partial charge on any atom is 0.115 e. The average molecular weight is 394 g/mol. The zero-order valence-corrected chi connectivity index (χ0v) is 20.3. The molecule has 0 aliphatic heterocycles. The van der Waals surface area contributed by atoms with Crippen molar-refractivity contribution in [3.63, 3.8) is 0 Å². The monoisotopic (exact) mass is 394 g/mol. The highest BCUT2D eigenvalue weighted by Crippen LogP contribution is 2.44. The van der Waals surface area contributed by atoms with Crippen molar-refractivity contribution in [3.05, 3.63) is 80.8 Å². The summed E-state index contributed by atoms with van der Waals surface area (Å²) < 4.78 is 0. The van der Waals surface area contributed by atoms with Crippen molar-refractivity contribution in [2.45, 2.75) is 74.7 Å². The SMILES string of the molecule is CCC=C(C)C.[B]C1=C(C(=C)C)C(=C)C(CC=C(C)C)C(S)=C1CC=C(C)C. The van der Waals surface area contributed by atoms with Crippen LogP contribution in [0, 0.1) is 5.92 Å². The van der Waals surface area contributed by atoms with Crippen LogP contribution in [-0.4, -0.2) is 7.85 Å². The molecular weight excluding hydrogens is 355 g/mol. The van der Waals surface area contributed by atoms with E-state index in [1.165, 1.54) is 23.1 Å². The molecule has 0 aromatic carbocycles. The summed E-state index contributed by atoms with van der Waals surface area (Å²) in [6.45, 7) is 25.2. The third-order valence-corrected chi connectivity index (χ3v) is 5.07. The molecule has 0 fully saturated rings. The molecule has 0 amide bonds. The van der Waals surface area contributed by atoms with E-state index in [0.717, 1.165) is 45.5 Å². The number of allylic oxidation sites excluding steroid dienone is 12. The lowest BCUT2D eigenvalue weighted by Crippen LogP contribution is -2.17. The molecule has 0 spiro atoms. The summed E-state index contributed by atoms with van der Waals surface area (Å²) >= 11 is 4.80. The molecule has 2 radical (unpaired) electrons. The lowest BCUT2D eigenvalue weighted by Gasteiger charge is -2.32. The Morgan fingerprint density at radius 2 is 1.46 bits per heavy atom. The Bertz CT molecular complexity index is 726. The Labute approximate surface area is 181 Å². The largest absolute Gasteiger partial charge is 0.147 e. The van der Waals surface area contributed by atoms with E-state index in [9.17, 15) is 0 Å². The third-order valence-electron chi connectivity index (χ3n) is 4.49. The van der Waals surface area contributed by atoms with E-state index >= 15 is 0 Å². The van der Waals surface area contributed by atoms with Gasteiger partial charge < -0.3 is 0 Å². The van der Waals surface area contributed by atoms with E-state index in [0.29, 0.717) is 0 Å². The van der Waals surface area contributed by atoms with E-state index in [-0.39, 0.29) is 5.92 Å². The molecule has 0 saturated carbocycles. The number of rotatable bonds is 6. The predicted molar refractivity (Wildman–Crippen MR) is 134 cm³/mol. The normalized spacial score (nSPS) is 16.2. The van der Waals surface area contributed by atoms with E-state index < -0.39 is 0 Å². The van der Waals surface area contributed by atoms with Gasteiger partial charge in [0.15, 0.2) is 0 Å². The highest BCUT2D eigenvalue weighted by Gasteiger charge is 2.27. The molecular formula is C26H39BS. The highest BCUT2D eigenvalue weighted by atomic mass is 32.1. The van der Waals surface area contributed by atoms with Crippen LogP contribution in [0.25, 0.3) is 0 Å². The van der Waals surface area contributed by atoms with Crippen molar-refractivity contribution in [2.24, 2.45) is 5.92 Å². The van der Waals surface area contributed by atoms with Gasteiger partial charge in [-0.3, -0.25) is 0 Å². The molecule has 1 rings (SSSR count). The van der Waals surface area contributed by atoms with Crippen LogP contribution >= 0.6 is 12.6 Å². The lowest BCUT2D eigenvalue weighted by molar-refractivity contribution is 0.752. The molecule has 0 bridgehead atoms. The second kappa shape index (κ2) is 12.9. The summed E-state index contributed by atoms with van der Waals surface area (Å²) in [4.78, 5) is 1.04. The third kappa shape index (κ3) is 8.73. The second-order valence-electron chi connectivity index (χ2n) is 8.20. The molecule has 0 heterocycles. The van der Waals surface area contributed by atoms with Gasteiger partial charge in [-0.25, -0.2) is 0 Å². The van der Waals surface area contributed by atoms with Gasteiger partial charge in [-0.05, 0) is 89.4 Å². The molecule has 1 aliphatic rings. The zero-order valence-electron chi connectivity index (χ0n) is 19.4. The summed E-state index contributed by atoms with van der Waals surface area (Å²) in [6.07, 6.45) is 9.52. The second-order valence-corrected chi connectivity index (χ2v) is 8.68. The van der Waals surface area contributed by atoms with Gasteiger partial charge in [-0.2, -0.15) is 0 Å². The summed E-state index contributed by atoms with van der Waals surface area (Å²) in [5.74, 6) is 0.192. The van der Waals surface area contributed by atoms with Gasteiger partial charge in [0.25, 0.3) is 0 Å². The topological polar surface area (TPSA) is 0 Å². The zero-order chi connectivity index (χ0) is 22.0. The smallest absolute Gasteiger partial charge is 0.115 e. The molecule has 152 valence electrons. The molecule has 0 aromatic heterocycles. The molecule has 1 unspecified atom stereocenters.